The number of methoxy groups -OCH3 is 1. The smallest absolute Gasteiger partial charge is 0.323 e. The molecule has 0 spiro atoms. The lowest BCUT2D eigenvalue weighted by Gasteiger charge is -2.05. The standard InChI is InChI=1S/C15H17N5O2S/c1-10-17-13-4-3-11(7-14(13)23-10)18-15(21)19-12-8-16-20(9-12)5-6-22-2/h3-4,7-9H,5-6H2,1-2H3,(H2,18,19,21). The molecular formula is C15H17N5O2S. The van der Waals surface area contributed by atoms with Crippen molar-refractivity contribution in [3.05, 3.63) is 35.6 Å². The van der Waals surface area contributed by atoms with Gasteiger partial charge in [0.2, 0.25) is 0 Å². The van der Waals surface area contributed by atoms with Gasteiger partial charge in [0.15, 0.2) is 0 Å². The Morgan fingerprint density at radius 3 is 3.00 bits per heavy atom. The Balaban J connectivity index is 1.62. The molecule has 2 heterocycles. The first-order chi connectivity index (χ1) is 11.1. The van der Waals surface area contributed by atoms with Gasteiger partial charge in [-0.15, -0.1) is 11.3 Å². The lowest BCUT2D eigenvalue weighted by molar-refractivity contribution is 0.183. The second-order valence-corrected chi connectivity index (χ2v) is 6.21. The molecule has 2 N–H and O–H groups in total. The molecule has 0 aliphatic carbocycles. The number of fused-ring (bicyclic) bond motifs is 1. The van der Waals surface area contributed by atoms with Crippen LogP contribution in [0.25, 0.3) is 10.2 Å². The molecule has 0 unspecified atom stereocenters. The molecule has 1 aromatic carbocycles. The minimum absolute atomic E-state index is 0.308. The first-order valence-electron chi connectivity index (χ1n) is 7.10. The van der Waals surface area contributed by atoms with Gasteiger partial charge in [-0.25, -0.2) is 9.78 Å². The fourth-order valence-corrected chi connectivity index (χ4v) is 3.01. The highest BCUT2D eigenvalue weighted by Gasteiger charge is 2.07. The van der Waals surface area contributed by atoms with E-state index in [0.29, 0.717) is 18.8 Å². The summed E-state index contributed by atoms with van der Waals surface area (Å²) in [5.41, 5.74) is 2.30. The molecule has 0 aliphatic rings. The van der Waals surface area contributed by atoms with Gasteiger partial charge in [0, 0.05) is 19.0 Å². The summed E-state index contributed by atoms with van der Waals surface area (Å²) in [5.74, 6) is 0. The fraction of sp³-hybridized carbons (Fsp3) is 0.267. The van der Waals surface area contributed by atoms with Crippen LogP contribution in [0.15, 0.2) is 30.6 Å². The van der Waals surface area contributed by atoms with E-state index in [-0.39, 0.29) is 6.03 Å². The van der Waals surface area contributed by atoms with Crippen molar-refractivity contribution in [2.45, 2.75) is 13.5 Å². The first-order valence-corrected chi connectivity index (χ1v) is 7.92. The predicted octanol–water partition coefficient (Wildman–Crippen LogP) is 3.09. The number of hydrogen-bond acceptors (Lipinski definition) is 5. The van der Waals surface area contributed by atoms with Crippen LogP contribution in [-0.2, 0) is 11.3 Å². The molecule has 3 aromatic rings. The molecule has 0 bridgehead atoms. The van der Waals surface area contributed by atoms with Gasteiger partial charge in [-0.2, -0.15) is 5.10 Å². The summed E-state index contributed by atoms with van der Waals surface area (Å²) in [4.78, 5) is 16.4. The van der Waals surface area contributed by atoms with Crippen molar-refractivity contribution in [3.8, 4) is 0 Å². The summed E-state index contributed by atoms with van der Waals surface area (Å²) in [5, 5.41) is 10.7. The number of aromatic nitrogens is 3. The van der Waals surface area contributed by atoms with Crippen molar-refractivity contribution in [2.24, 2.45) is 0 Å². The minimum atomic E-state index is -0.308. The Hall–Kier alpha value is -2.45. The summed E-state index contributed by atoms with van der Waals surface area (Å²) in [6.45, 7) is 3.18. The number of rotatable bonds is 5. The monoisotopic (exact) mass is 331 g/mol. The molecule has 0 fully saturated rings. The predicted molar refractivity (Wildman–Crippen MR) is 91.1 cm³/mol. The fourth-order valence-electron chi connectivity index (χ4n) is 2.15. The number of carbonyl (C=O) groups is 1. The van der Waals surface area contributed by atoms with Crippen molar-refractivity contribution in [1.82, 2.24) is 14.8 Å². The van der Waals surface area contributed by atoms with Crippen LogP contribution in [0.1, 0.15) is 5.01 Å². The third-order valence-corrected chi connectivity index (χ3v) is 4.10. The van der Waals surface area contributed by atoms with Crippen LogP contribution in [0.5, 0.6) is 0 Å². The summed E-state index contributed by atoms with van der Waals surface area (Å²) < 4.78 is 7.75. The minimum Gasteiger partial charge on any atom is -0.383 e. The highest BCUT2D eigenvalue weighted by atomic mass is 32.1. The van der Waals surface area contributed by atoms with Gasteiger partial charge >= 0.3 is 6.03 Å². The number of nitrogens with one attached hydrogen (secondary N) is 2. The van der Waals surface area contributed by atoms with E-state index in [4.69, 9.17) is 4.74 Å². The number of ether oxygens (including phenoxy) is 1. The average Bonchev–Trinajstić information content (AvgIpc) is 3.10. The molecule has 8 heteroatoms. The molecule has 2 aromatic heterocycles. The summed E-state index contributed by atoms with van der Waals surface area (Å²) in [7, 11) is 1.64. The molecule has 0 aliphatic heterocycles. The number of thiazole rings is 1. The second-order valence-electron chi connectivity index (χ2n) is 4.98. The second kappa shape index (κ2) is 6.76. The van der Waals surface area contributed by atoms with Crippen molar-refractivity contribution in [2.75, 3.05) is 24.4 Å². The highest BCUT2D eigenvalue weighted by molar-refractivity contribution is 7.18. The molecule has 120 valence electrons. The van der Waals surface area contributed by atoms with Crippen molar-refractivity contribution >= 4 is 39.0 Å². The molecule has 0 radical (unpaired) electrons. The van der Waals surface area contributed by atoms with Crippen molar-refractivity contribution < 1.29 is 9.53 Å². The number of carbonyl (C=O) groups excluding carboxylic acids is 1. The zero-order valence-electron chi connectivity index (χ0n) is 12.9. The van der Waals surface area contributed by atoms with E-state index >= 15 is 0 Å². The van der Waals surface area contributed by atoms with Gasteiger partial charge < -0.3 is 15.4 Å². The van der Waals surface area contributed by atoms with E-state index < -0.39 is 0 Å². The van der Waals surface area contributed by atoms with Crippen molar-refractivity contribution in [1.29, 1.82) is 0 Å². The largest absolute Gasteiger partial charge is 0.383 e. The molecule has 2 amide bonds. The number of benzene rings is 1. The topological polar surface area (TPSA) is 81.1 Å². The summed E-state index contributed by atoms with van der Waals surface area (Å²) in [6.07, 6.45) is 3.36. The lowest BCUT2D eigenvalue weighted by atomic mass is 10.3. The molecule has 3 rings (SSSR count). The number of nitrogens with zero attached hydrogens (tertiary/aromatic N) is 3. The zero-order chi connectivity index (χ0) is 16.2. The third kappa shape index (κ3) is 3.85. The zero-order valence-corrected chi connectivity index (χ0v) is 13.7. The maximum absolute atomic E-state index is 12.1. The van der Waals surface area contributed by atoms with E-state index in [9.17, 15) is 4.79 Å². The van der Waals surface area contributed by atoms with E-state index in [1.165, 1.54) is 0 Å². The van der Waals surface area contributed by atoms with E-state index in [1.54, 1.807) is 35.5 Å². The molecule has 0 saturated carbocycles. The van der Waals surface area contributed by atoms with Gasteiger partial charge in [-0.05, 0) is 25.1 Å². The third-order valence-electron chi connectivity index (χ3n) is 3.17. The van der Waals surface area contributed by atoms with Crippen LogP contribution < -0.4 is 10.6 Å². The molecule has 0 atom stereocenters. The molecule has 0 saturated heterocycles. The van der Waals surface area contributed by atoms with Crippen LogP contribution in [0.3, 0.4) is 0 Å². The first kappa shape index (κ1) is 15.4. The number of anilines is 2. The Kier molecular flexibility index (Phi) is 4.54. The number of hydrogen-bond donors (Lipinski definition) is 2. The Bertz CT molecular complexity index is 826. The number of urea groups is 1. The molecule has 23 heavy (non-hydrogen) atoms. The van der Waals surface area contributed by atoms with E-state index in [0.717, 1.165) is 20.9 Å². The Labute approximate surface area is 137 Å². The SMILES string of the molecule is COCCn1cc(NC(=O)Nc2ccc3nc(C)sc3c2)cn1. The number of aryl methyl sites for hydroxylation is 1. The Morgan fingerprint density at radius 1 is 1.35 bits per heavy atom. The van der Waals surface area contributed by atoms with E-state index in [2.05, 4.69) is 20.7 Å². The Morgan fingerprint density at radius 2 is 2.17 bits per heavy atom. The van der Waals surface area contributed by atoms with Gasteiger partial charge in [0.05, 0.1) is 40.3 Å². The average molecular weight is 331 g/mol. The lowest BCUT2D eigenvalue weighted by Crippen LogP contribution is -2.19. The highest BCUT2D eigenvalue weighted by Crippen LogP contribution is 2.24. The summed E-state index contributed by atoms with van der Waals surface area (Å²) in [6, 6.07) is 5.35. The normalized spacial score (nSPS) is 10.9. The quantitative estimate of drug-likeness (QED) is 0.753. The van der Waals surface area contributed by atoms with Gasteiger partial charge in [0.1, 0.15) is 0 Å². The van der Waals surface area contributed by atoms with Gasteiger partial charge in [0.25, 0.3) is 0 Å². The van der Waals surface area contributed by atoms with Crippen LogP contribution in [-0.4, -0.2) is 34.5 Å². The van der Waals surface area contributed by atoms with Crippen LogP contribution >= 0.6 is 11.3 Å². The maximum Gasteiger partial charge on any atom is 0.323 e. The summed E-state index contributed by atoms with van der Waals surface area (Å²) >= 11 is 1.60. The molecular weight excluding hydrogens is 314 g/mol. The van der Waals surface area contributed by atoms with Gasteiger partial charge in [-0.3, -0.25) is 4.68 Å². The van der Waals surface area contributed by atoms with Gasteiger partial charge in [-0.1, -0.05) is 0 Å². The molecule has 7 nitrogen and oxygen atoms in total. The van der Waals surface area contributed by atoms with Crippen LogP contribution in [0.4, 0.5) is 16.2 Å². The maximum atomic E-state index is 12.1. The van der Waals surface area contributed by atoms with Crippen LogP contribution in [0, 0.1) is 6.92 Å². The van der Waals surface area contributed by atoms with E-state index in [1.807, 2.05) is 25.1 Å². The number of amides is 2. The van der Waals surface area contributed by atoms with Crippen LogP contribution in [0.2, 0.25) is 0 Å². The van der Waals surface area contributed by atoms with Crippen molar-refractivity contribution in [3.63, 3.8) is 0 Å².